The van der Waals surface area contributed by atoms with E-state index < -0.39 is 5.91 Å². The minimum atomic E-state index is -0.427. The van der Waals surface area contributed by atoms with Gasteiger partial charge in [-0.3, -0.25) is 9.59 Å². The Morgan fingerprint density at radius 2 is 1.62 bits per heavy atom. The van der Waals surface area contributed by atoms with E-state index >= 15 is 0 Å². The molecule has 126 valence electrons. The fraction of sp³-hybridized carbons (Fsp3) is 0. The second kappa shape index (κ2) is 6.60. The van der Waals surface area contributed by atoms with Gasteiger partial charge in [-0.25, -0.2) is 9.97 Å². The van der Waals surface area contributed by atoms with Crippen molar-refractivity contribution in [1.82, 2.24) is 15.0 Å². The highest BCUT2D eigenvalue weighted by Gasteiger charge is 2.10. The summed E-state index contributed by atoms with van der Waals surface area (Å²) in [5, 5.41) is 3.94. The van der Waals surface area contributed by atoms with Gasteiger partial charge in [0.05, 0.1) is 18.1 Å². The third-order valence-corrected chi connectivity index (χ3v) is 3.94. The molecule has 0 atom stereocenters. The first-order valence-electron chi connectivity index (χ1n) is 8.01. The van der Waals surface area contributed by atoms with E-state index in [1.54, 1.807) is 24.3 Å². The van der Waals surface area contributed by atoms with Gasteiger partial charge in [0.25, 0.3) is 11.5 Å². The number of nitrogens with one attached hydrogen (secondary N) is 2. The number of fused-ring (bicyclic) bond motifs is 1. The molecule has 0 fully saturated rings. The Hall–Kier alpha value is -3.80. The van der Waals surface area contributed by atoms with E-state index in [9.17, 15) is 9.59 Å². The third-order valence-electron chi connectivity index (χ3n) is 3.94. The highest BCUT2D eigenvalue weighted by molar-refractivity contribution is 6.04. The number of hydrogen-bond donors (Lipinski definition) is 2. The van der Waals surface area contributed by atoms with Crippen molar-refractivity contribution in [2.45, 2.75) is 0 Å². The molecule has 4 rings (SSSR count). The summed E-state index contributed by atoms with van der Waals surface area (Å²) in [5.41, 5.74) is 1.22. The largest absolute Gasteiger partial charge is 0.318 e. The fourth-order valence-corrected chi connectivity index (χ4v) is 2.66. The van der Waals surface area contributed by atoms with E-state index in [2.05, 4.69) is 20.3 Å². The van der Waals surface area contributed by atoms with Crippen LogP contribution < -0.4 is 10.9 Å². The van der Waals surface area contributed by atoms with E-state index in [0.29, 0.717) is 22.3 Å². The molecule has 2 aromatic carbocycles. The number of nitrogens with zero attached hydrogens (tertiary/aromatic N) is 2. The number of amides is 1. The molecule has 6 nitrogen and oxygen atoms in total. The van der Waals surface area contributed by atoms with E-state index in [-0.39, 0.29) is 11.3 Å². The first kappa shape index (κ1) is 15.7. The van der Waals surface area contributed by atoms with Gasteiger partial charge < -0.3 is 10.3 Å². The van der Waals surface area contributed by atoms with Gasteiger partial charge in [-0.05, 0) is 17.5 Å². The van der Waals surface area contributed by atoms with Crippen LogP contribution in [0.2, 0.25) is 0 Å². The van der Waals surface area contributed by atoms with Crippen molar-refractivity contribution in [3.63, 3.8) is 0 Å². The number of pyridine rings is 1. The van der Waals surface area contributed by atoms with Crippen LogP contribution in [0.1, 0.15) is 10.5 Å². The van der Waals surface area contributed by atoms with Crippen molar-refractivity contribution in [2.75, 3.05) is 5.32 Å². The summed E-state index contributed by atoms with van der Waals surface area (Å²) < 4.78 is 0. The number of carbonyl (C=O) groups is 1. The Balaban J connectivity index is 1.58. The van der Waals surface area contributed by atoms with Crippen molar-refractivity contribution < 1.29 is 4.79 Å². The van der Waals surface area contributed by atoms with Gasteiger partial charge in [0.15, 0.2) is 5.82 Å². The second-order valence-corrected chi connectivity index (χ2v) is 5.71. The monoisotopic (exact) mass is 342 g/mol. The van der Waals surface area contributed by atoms with E-state index in [1.807, 2.05) is 36.4 Å². The molecule has 1 amide bonds. The minimum Gasteiger partial charge on any atom is -0.318 e. The molecule has 2 heterocycles. The van der Waals surface area contributed by atoms with Crippen LogP contribution in [0.5, 0.6) is 0 Å². The molecule has 6 heteroatoms. The molecular weight excluding hydrogens is 328 g/mol. The lowest BCUT2D eigenvalue weighted by atomic mass is 10.1. The fourth-order valence-electron chi connectivity index (χ4n) is 2.66. The lowest BCUT2D eigenvalue weighted by Gasteiger charge is -2.06. The van der Waals surface area contributed by atoms with E-state index in [4.69, 9.17) is 0 Å². The molecule has 0 unspecified atom stereocenters. The molecule has 0 aliphatic rings. The lowest BCUT2D eigenvalue weighted by molar-refractivity contribution is 0.102. The molecule has 0 saturated carbocycles. The lowest BCUT2D eigenvalue weighted by Crippen LogP contribution is -2.19. The highest BCUT2D eigenvalue weighted by Crippen LogP contribution is 2.16. The summed E-state index contributed by atoms with van der Waals surface area (Å²) in [6, 6.07) is 18.3. The Kier molecular flexibility index (Phi) is 3.99. The summed E-state index contributed by atoms with van der Waals surface area (Å²) in [5.74, 6) is 0.145. The first-order valence-corrected chi connectivity index (χ1v) is 8.01. The van der Waals surface area contributed by atoms with Crippen molar-refractivity contribution >= 4 is 22.4 Å². The molecule has 0 bridgehead atoms. The molecule has 0 aliphatic heterocycles. The molecule has 2 aromatic heterocycles. The zero-order chi connectivity index (χ0) is 17.9. The van der Waals surface area contributed by atoms with E-state index in [0.717, 1.165) is 5.56 Å². The molecule has 2 N–H and O–H groups in total. The van der Waals surface area contributed by atoms with Crippen LogP contribution in [0.4, 0.5) is 5.69 Å². The molecule has 0 saturated heterocycles. The molecule has 0 spiro atoms. The minimum absolute atomic E-state index is 0.181. The Morgan fingerprint density at radius 1 is 0.923 bits per heavy atom. The number of benzene rings is 2. The Morgan fingerprint density at radius 3 is 2.38 bits per heavy atom. The summed E-state index contributed by atoms with van der Waals surface area (Å²) in [7, 11) is 0. The summed E-state index contributed by atoms with van der Waals surface area (Å²) in [6.45, 7) is 0. The number of carbonyl (C=O) groups excluding carboxylic acids is 1. The number of aromatic nitrogens is 3. The number of aromatic amines is 1. The number of hydrogen-bond acceptors (Lipinski definition) is 4. The second-order valence-electron chi connectivity index (χ2n) is 5.71. The SMILES string of the molecule is O=C(Nc1cnc(-c2ccccc2)nc1)c1cc2ccccc2c(=O)[nH]1. The van der Waals surface area contributed by atoms with Crippen molar-refractivity contribution in [3.05, 3.63) is 89.1 Å². The summed E-state index contributed by atoms with van der Waals surface area (Å²) in [4.78, 5) is 35.7. The van der Waals surface area contributed by atoms with Crippen LogP contribution in [-0.2, 0) is 0 Å². The summed E-state index contributed by atoms with van der Waals surface area (Å²) >= 11 is 0. The predicted molar refractivity (Wildman–Crippen MR) is 100.0 cm³/mol. The van der Waals surface area contributed by atoms with Gasteiger partial charge in [-0.15, -0.1) is 0 Å². The molecule has 0 aliphatic carbocycles. The van der Waals surface area contributed by atoms with Gasteiger partial charge in [0.2, 0.25) is 0 Å². The Bertz CT molecular complexity index is 1140. The normalized spacial score (nSPS) is 10.6. The Labute approximate surface area is 148 Å². The maximum atomic E-state index is 12.4. The number of H-pyrrole nitrogens is 1. The molecule has 0 radical (unpaired) electrons. The standard InChI is InChI=1S/C20H14N4O2/c25-19-16-9-5-4-8-14(16)10-17(24-19)20(26)23-15-11-21-18(22-12-15)13-6-2-1-3-7-13/h1-12H,(H,23,26)(H,24,25). The smallest absolute Gasteiger partial charge is 0.272 e. The molecule has 4 aromatic rings. The summed E-state index contributed by atoms with van der Waals surface area (Å²) in [6.07, 6.45) is 3.07. The maximum absolute atomic E-state index is 12.4. The molecule has 26 heavy (non-hydrogen) atoms. The maximum Gasteiger partial charge on any atom is 0.272 e. The zero-order valence-corrected chi connectivity index (χ0v) is 13.6. The van der Waals surface area contributed by atoms with Crippen LogP contribution in [0.15, 0.2) is 77.9 Å². The van der Waals surface area contributed by atoms with Crippen LogP contribution in [0.3, 0.4) is 0 Å². The number of anilines is 1. The van der Waals surface area contributed by atoms with Gasteiger partial charge in [-0.1, -0.05) is 48.5 Å². The van der Waals surface area contributed by atoms with E-state index in [1.165, 1.54) is 12.4 Å². The van der Waals surface area contributed by atoms with Crippen LogP contribution in [0.25, 0.3) is 22.2 Å². The van der Waals surface area contributed by atoms with Crippen LogP contribution in [0, 0.1) is 0 Å². The third kappa shape index (κ3) is 3.08. The average molecular weight is 342 g/mol. The van der Waals surface area contributed by atoms with Crippen LogP contribution >= 0.6 is 0 Å². The van der Waals surface area contributed by atoms with Gasteiger partial charge in [0.1, 0.15) is 5.69 Å². The number of rotatable bonds is 3. The van der Waals surface area contributed by atoms with Crippen molar-refractivity contribution in [2.24, 2.45) is 0 Å². The highest BCUT2D eigenvalue weighted by atomic mass is 16.2. The first-order chi connectivity index (χ1) is 12.7. The van der Waals surface area contributed by atoms with Crippen molar-refractivity contribution in [1.29, 1.82) is 0 Å². The van der Waals surface area contributed by atoms with Gasteiger partial charge in [-0.2, -0.15) is 0 Å². The zero-order valence-electron chi connectivity index (χ0n) is 13.6. The topological polar surface area (TPSA) is 87.7 Å². The van der Waals surface area contributed by atoms with Crippen LogP contribution in [-0.4, -0.2) is 20.9 Å². The van der Waals surface area contributed by atoms with Gasteiger partial charge in [0, 0.05) is 10.9 Å². The van der Waals surface area contributed by atoms with Gasteiger partial charge >= 0.3 is 0 Å². The molecular formula is C20H14N4O2. The average Bonchev–Trinajstić information content (AvgIpc) is 2.69. The predicted octanol–water partition coefficient (Wildman–Crippen LogP) is 3.24. The quantitative estimate of drug-likeness (QED) is 0.598. The van der Waals surface area contributed by atoms with Crippen molar-refractivity contribution in [3.8, 4) is 11.4 Å².